The second-order valence-corrected chi connectivity index (χ2v) is 11.5. The molecular formula is C33H41N3O5. The number of fused-ring (bicyclic) bond motifs is 2. The molecule has 2 aromatic carbocycles. The number of aliphatic hydroxyl groups excluding tert-OH is 1. The Kier molecular flexibility index (Phi) is 8.61. The van der Waals surface area contributed by atoms with E-state index >= 15 is 0 Å². The monoisotopic (exact) mass is 559 g/mol. The number of likely N-dealkylation sites (tertiary alicyclic amines) is 1. The van der Waals surface area contributed by atoms with Gasteiger partial charge in [-0.05, 0) is 48.6 Å². The number of carbonyl (C=O) groups is 3. The zero-order chi connectivity index (χ0) is 29.1. The van der Waals surface area contributed by atoms with E-state index in [1.807, 2.05) is 42.5 Å². The number of hydrogen-bond donors (Lipinski definition) is 1. The van der Waals surface area contributed by atoms with E-state index in [0.717, 1.165) is 29.3 Å². The van der Waals surface area contributed by atoms with Gasteiger partial charge in [-0.2, -0.15) is 0 Å². The molecule has 2 unspecified atom stereocenters. The van der Waals surface area contributed by atoms with Crippen LogP contribution in [0, 0.1) is 11.8 Å². The Balaban J connectivity index is 1.52. The van der Waals surface area contributed by atoms with Gasteiger partial charge in [0.1, 0.15) is 11.6 Å². The smallest absolute Gasteiger partial charge is 0.253 e. The Bertz CT molecular complexity index is 1330. The lowest BCUT2D eigenvalue weighted by Crippen LogP contribution is -2.56. The van der Waals surface area contributed by atoms with Gasteiger partial charge in [0.15, 0.2) is 0 Å². The average Bonchev–Trinajstić information content (AvgIpc) is 3.62. The molecule has 3 heterocycles. The lowest BCUT2D eigenvalue weighted by Gasteiger charge is -2.37. The molecule has 218 valence electrons. The summed E-state index contributed by atoms with van der Waals surface area (Å²) in [5.41, 5.74) is -0.315. The maximum atomic E-state index is 14.7. The van der Waals surface area contributed by atoms with Gasteiger partial charge in [-0.3, -0.25) is 14.4 Å². The molecule has 5 atom stereocenters. The number of carbonyl (C=O) groups excluding carboxylic acids is 3. The molecule has 3 saturated heterocycles. The number of aliphatic hydroxyl groups is 1. The van der Waals surface area contributed by atoms with Crippen molar-refractivity contribution in [1.82, 2.24) is 9.80 Å². The number of unbranched alkanes of at least 4 members (excludes halogenated alkanes) is 3. The standard InChI is InChI=1S/C33H41N3O5/c1-4-18-34(3)30(38)27-26-16-17-33(41-26)28(27)31(39)36(20-10-6-7-11-21-37)29(33)32(40)35(19-5-2)25-15-14-23-12-8-9-13-24(23)22-25/h4-5,8-9,12-15,22,26-29,37H,1-2,6-7,10-11,16-21H2,3H3/t26-,27+,28-,29?,33?/m0/s1. The van der Waals surface area contributed by atoms with Crippen LogP contribution < -0.4 is 4.90 Å². The number of ether oxygens (including phenoxy) is 1. The number of rotatable bonds is 13. The van der Waals surface area contributed by atoms with Gasteiger partial charge < -0.3 is 24.5 Å². The summed E-state index contributed by atoms with van der Waals surface area (Å²) in [6.45, 7) is 8.85. The van der Waals surface area contributed by atoms with Crippen molar-refractivity contribution in [3.8, 4) is 0 Å². The van der Waals surface area contributed by atoms with Crippen LogP contribution in [0.1, 0.15) is 38.5 Å². The minimum Gasteiger partial charge on any atom is -0.396 e. The topological polar surface area (TPSA) is 90.4 Å². The summed E-state index contributed by atoms with van der Waals surface area (Å²) >= 11 is 0. The fourth-order valence-corrected chi connectivity index (χ4v) is 7.18. The van der Waals surface area contributed by atoms with E-state index in [1.165, 1.54) is 0 Å². The van der Waals surface area contributed by atoms with Crippen LogP contribution in [0.2, 0.25) is 0 Å². The van der Waals surface area contributed by atoms with E-state index in [4.69, 9.17) is 4.74 Å². The quantitative estimate of drug-likeness (QED) is 0.297. The molecule has 8 nitrogen and oxygen atoms in total. The maximum Gasteiger partial charge on any atom is 0.253 e. The summed E-state index contributed by atoms with van der Waals surface area (Å²) < 4.78 is 6.62. The molecule has 3 aliphatic rings. The van der Waals surface area contributed by atoms with Crippen molar-refractivity contribution in [3.05, 3.63) is 67.8 Å². The Morgan fingerprint density at radius 3 is 2.51 bits per heavy atom. The lowest BCUT2D eigenvalue weighted by atomic mass is 9.70. The molecule has 1 N–H and O–H groups in total. The van der Waals surface area contributed by atoms with Gasteiger partial charge >= 0.3 is 0 Å². The first kappa shape index (κ1) is 29.0. The number of likely N-dealkylation sites (N-methyl/N-ethyl adjacent to an activating group) is 1. The number of benzene rings is 2. The van der Waals surface area contributed by atoms with Crippen LogP contribution in [0.5, 0.6) is 0 Å². The van der Waals surface area contributed by atoms with Crippen LogP contribution >= 0.6 is 0 Å². The van der Waals surface area contributed by atoms with Crippen molar-refractivity contribution < 1.29 is 24.2 Å². The van der Waals surface area contributed by atoms with Crippen molar-refractivity contribution in [1.29, 1.82) is 0 Å². The molecule has 1 spiro atoms. The molecule has 41 heavy (non-hydrogen) atoms. The highest BCUT2D eigenvalue weighted by molar-refractivity contribution is 6.05. The SMILES string of the molecule is C=CCN(C)C(=O)[C@@H]1[C@@H]2CCC3(O2)C(C(=O)N(CC=C)c2ccc4ccccc4c2)N(CCCCCCO)C(=O)[C@H]13. The average molecular weight is 560 g/mol. The highest BCUT2D eigenvalue weighted by atomic mass is 16.5. The maximum absolute atomic E-state index is 14.7. The molecule has 8 heteroatoms. The highest BCUT2D eigenvalue weighted by Gasteiger charge is 2.74. The molecule has 3 aliphatic heterocycles. The van der Waals surface area contributed by atoms with E-state index in [1.54, 1.807) is 33.9 Å². The molecule has 3 fully saturated rings. The first-order chi connectivity index (χ1) is 19.9. The Labute approximate surface area is 242 Å². The number of nitrogens with zero attached hydrogens (tertiary/aromatic N) is 3. The van der Waals surface area contributed by atoms with Gasteiger partial charge in [0.05, 0.1) is 17.9 Å². The summed E-state index contributed by atoms with van der Waals surface area (Å²) in [6.07, 6.45) is 7.24. The van der Waals surface area contributed by atoms with Gasteiger partial charge in [0, 0.05) is 39.0 Å². The highest BCUT2D eigenvalue weighted by Crippen LogP contribution is 2.59. The van der Waals surface area contributed by atoms with Gasteiger partial charge in [-0.1, -0.05) is 55.3 Å². The second kappa shape index (κ2) is 12.2. The molecule has 5 rings (SSSR count). The van der Waals surface area contributed by atoms with Gasteiger partial charge in [-0.15, -0.1) is 13.2 Å². The van der Waals surface area contributed by atoms with Crippen molar-refractivity contribution in [3.63, 3.8) is 0 Å². The minimum atomic E-state index is -1.05. The summed E-state index contributed by atoms with van der Waals surface area (Å²) in [7, 11) is 1.72. The van der Waals surface area contributed by atoms with Crippen LogP contribution in [0.3, 0.4) is 0 Å². The third kappa shape index (κ3) is 5.08. The van der Waals surface area contributed by atoms with Gasteiger partial charge in [0.2, 0.25) is 11.8 Å². The van der Waals surface area contributed by atoms with Crippen LogP contribution in [-0.2, 0) is 19.1 Å². The van der Waals surface area contributed by atoms with Crippen LogP contribution in [0.4, 0.5) is 5.69 Å². The van der Waals surface area contributed by atoms with E-state index in [0.29, 0.717) is 38.8 Å². The van der Waals surface area contributed by atoms with E-state index in [9.17, 15) is 19.5 Å². The normalized spacial score (nSPS) is 26.3. The van der Waals surface area contributed by atoms with Crippen molar-refractivity contribution in [2.45, 2.75) is 56.3 Å². The molecule has 2 aromatic rings. The number of anilines is 1. The van der Waals surface area contributed by atoms with Gasteiger partial charge in [0.25, 0.3) is 5.91 Å². The predicted molar refractivity (Wildman–Crippen MR) is 159 cm³/mol. The fourth-order valence-electron chi connectivity index (χ4n) is 7.18. The molecular weight excluding hydrogens is 518 g/mol. The largest absolute Gasteiger partial charge is 0.396 e. The Hall–Kier alpha value is -3.49. The Morgan fingerprint density at radius 2 is 1.78 bits per heavy atom. The number of hydrogen-bond acceptors (Lipinski definition) is 5. The molecule has 3 amide bonds. The van der Waals surface area contributed by atoms with Crippen molar-refractivity contribution in [2.75, 3.05) is 38.2 Å². The third-order valence-corrected chi connectivity index (χ3v) is 9.03. The first-order valence-corrected chi connectivity index (χ1v) is 14.7. The second-order valence-electron chi connectivity index (χ2n) is 11.5. The molecule has 0 aromatic heterocycles. The Morgan fingerprint density at radius 1 is 1.05 bits per heavy atom. The minimum absolute atomic E-state index is 0.133. The molecule has 2 bridgehead atoms. The summed E-state index contributed by atoms with van der Waals surface area (Å²) in [4.78, 5) is 47.5. The number of amides is 3. The van der Waals surface area contributed by atoms with Gasteiger partial charge in [-0.25, -0.2) is 0 Å². The van der Waals surface area contributed by atoms with Crippen LogP contribution in [-0.4, -0.2) is 83.7 Å². The molecule has 0 saturated carbocycles. The summed E-state index contributed by atoms with van der Waals surface area (Å²) in [5.74, 6) is -1.84. The van der Waals surface area contributed by atoms with E-state index in [-0.39, 0.29) is 37.0 Å². The van der Waals surface area contributed by atoms with E-state index < -0.39 is 23.5 Å². The zero-order valence-electron chi connectivity index (χ0n) is 23.9. The molecule has 0 radical (unpaired) electrons. The third-order valence-electron chi connectivity index (χ3n) is 9.03. The summed E-state index contributed by atoms with van der Waals surface area (Å²) in [6, 6.07) is 13.1. The van der Waals surface area contributed by atoms with Crippen molar-refractivity contribution >= 4 is 34.2 Å². The van der Waals surface area contributed by atoms with E-state index in [2.05, 4.69) is 13.2 Å². The lowest BCUT2D eigenvalue weighted by molar-refractivity contribution is -0.144. The van der Waals surface area contributed by atoms with Crippen LogP contribution in [0.15, 0.2) is 67.8 Å². The molecule has 0 aliphatic carbocycles. The fraction of sp³-hybridized carbons (Fsp3) is 0.485. The van der Waals surface area contributed by atoms with Crippen molar-refractivity contribution in [2.24, 2.45) is 11.8 Å². The predicted octanol–water partition coefficient (Wildman–Crippen LogP) is 3.93. The van der Waals surface area contributed by atoms with Crippen LogP contribution in [0.25, 0.3) is 10.8 Å². The zero-order valence-corrected chi connectivity index (χ0v) is 23.9. The summed E-state index contributed by atoms with van der Waals surface area (Å²) in [5, 5.41) is 11.3. The first-order valence-electron chi connectivity index (χ1n) is 14.7.